The highest BCUT2D eigenvalue weighted by molar-refractivity contribution is 6.01. The summed E-state index contributed by atoms with van der Waals surface area (Å²) in [6.07, 6.45) is 4.62. The van der Waals surface area contributed by atoms with Crippen molar-refractivity contribution in [2.75, 3.05) is 38.4 Å². The molecule has 1 rings (SSSR count). The van der Waals surface area contributed by atoms with Crippen LogP contribution in [-0.4, -0.2) is 80.5 Å². The van der Waals surface area contributed by atoms with E-state index >= 15 is 0 Å². The number of unbranched alkanes of at least 4 members (excludes halogenated alkanes) is 4. The van der Waals surface area contributed by atoms with E-state index in [-0.39, 0.29) is 43.5 Å². The molecule has 0 bridgehead atoms. The number of rotatable bonds is 22. The molecule has 9 heteroatoms. The first-order chi connectivity index (χ1) is 18.7. The lowest BCUT2D eigenvalue weighted by molar-refractivity contribution is -0.116. The van der Waals surface area contributed by atoms with Crippen LogP contribution in [0, 0.1) is 0 Å². The maximum Gasteiger partial charge on any atom is 0.340 e. The van der Waals surface area contributed by atoms with E-state index in [1.165, 1.54) is 6.42 Å². The van der Waals surface area contributed by atoms with Gasteiger partial charge in [-0.25, -0.2) is 4.79 Å². The molecular formula is C30H51NO8. The predicted molar refractivity (Wildman–Crippen MR) is 152 cm³/mol. The molecule has 0 aliphatic heterocycles. The number of aliphatic hydroxyl groups excluding tert-OH is 1. The van der Waals surface area contributed by atoms with E-state index in [1.807, 2.05) is 20.8 Å². The molecule has 1 aromatic carbocycles. The minimum atomic E-state index is -0.508. The molecule has 0 spiro atoms. The van der Waals surface area contributed by atoms with Crippen molar-refractivity contribution in [1.29, 1.82) is 0 Å². The summed E-state index contributed by atoms with van der Waals surface area (Å²) >= 11 is 0. The summed E-state index contributed by atoms with van der Waals surface area (Å²) in [5.74, 6) is -0.609. The largest absolute Gasteiger partial charge is 0.457 e. The fourth-order valence-electron chi connectivity index (χ4n) is 3.55. The van der Waals surface area contributed by atoms with Crippen molar-refractivity contribution in [2.45, 2.75) is 111 Å². The van der Waals surface area contributed by atoms with Crippen LogP contribution in [0.1, 0.15) is 90.4 Å². The van der Waals surface area contributed by atoms with E-state index in [0.717, 1.165) is 25.7 Å². The lowest BCUT2D eigenvalue weighted by Gasteiger charge is -2.22. The van der Waals surface area contributed by atoms with E-state index in [9.17, 15) is 9.59 Å². The highest BCUT2D eigenvalue weighted by Gasteiger charge is 2.18. The third-order valence-electron chi connectivity index (χ3n) is 5.96. The molecule has 0 aliphatic rings. The molecule has 0 saturated heterocycles. The van der Waals surface area contributed by atoms with Crippen LogP contribution in [0.5, 0.6) is 0 Å². The number of carbonyl (C=O) groups is 2. The molecule has 5 atom stereocenters. The summed E-state index contributed by atoms with van der Waals surface area (Å²) in [7, 11) is 0. The first-order valence-corrected chi connectivity index (χ1v) is 14.3. The Morgan fingerprint density at radius 1 is 0.744 bits per heavy atom. The first kappa shape index (κ1) is 35.0. The number of amides is 1. The monoisotopic (exact) mass is 553 g/mol. The van der Waals surface area contributed by atoms with Crippen molar-refractivity contribution in [2.24, 2.45) is 0 Å². The van der Waals surface area contributed by atoms with Crippen molar-refractivity contribution in [3.8, 4) is 0 Å². The normalized spacial score (nSPS) is 15.3. The molecule has 0 fully saturated rings. The minimum Gasteiger partial charge on any atom is -0.457 e. The van der Waals surface area contributed by atoms with Crippen molar-refractivity contribution in [1.82, 2.24) is 0 Å². The number of hydrogen-bond acceptors (Lipinski definition) is 8. The highest BCUT2D eigenvalue weighted by Crippen LogP contribution is 2.18. The third kappa shape index (κ3) is 16.6. The molecule has 224 valence electrons. The number of para-hydroxylation sites is 1. The molecule has 0 radical (unpaired) electrons. The number of hydrogen-bond donors (Lipinski definition) is 2. The molecule has 2 N–H and O–H groups in total. The molecule has 1 aromatic rings. The van der Waals surface area contributed by atoms with Crippen LogP contribution in [0.4, 0.5) is 5.69 Å². The Hall–Kier alpha value is -2.04. The fourth-order valence-corrected chi connectivity index (χ4v) is 3.55. The zero-order valence-electron chi connectivity index (χ0n) is 24.8. The van der Waals surface area contributed by atoms with Gasteiger partial charge in [0, 0.05) is 6.42 Å². The molecule has 0 heterocycles. The van der Waals surface area contributed by atoms with Gasteiger partial charge in [0.05, 0.1) is 68.7 Å². The lowest BCUT2D eigenvalue weighted by atomic mass is 10.1. The van der Waals surface area contributed by atoms with Crippen molar-refractivity contribution in [3.63, 3.8) is 0 Å². The summed E-state index contributed by atoms with van der Waals surface area (Å²) in [6, 6.07) is 6.87. The van der Waals surface area contributed by atoms with E-state index in [4.69, 9.17) is 28.8 Å². The van der Waals surface area contributed by atoms with E-state index in [0.29, 0.717) is 37.5 Å². The fraction of sp³-hybridized carbons (Fsp3) is 0.733. The second-order valence-electron chi connectivity index (χ2n) is 10.2. The predicted octanol–water partition coefficient (Wildman–Crippen LogP) is 5.14. The van der Waals surface area contributed by atoms with E-state index < -0.39 is 12.1 Å². The van der Waals surface area contributed by atoms with Crippen LogP contribution in [0.25, 0.3) is 0 Å². The molecule has 4 unspecified atom stereocenters. The summed E-state index contributed by atoms with van der Waals surface area (Å²) < 4.78 is 28.4. The van der Waals surface area contributed by atoms with Crippen molar-refractivity contribution in [3.05, 3.63) is 29.8 Å². The van der Waals surface area contributed by atoms with Gasteiger partial charge >= 0.3 is 5.97 Å². The number of aliphatic hydroxyl groups is 1. The van der Waals surface area contributed by atoms with Crippen LogP contribution in [0.3, 0.4) is 0 Å². The topological polar surface area (TPSA) is 113 Å². The van der Waals surface area contributed by atoms with Crippen LogP contribution < -0.4 is 5.32 Å². The van der Waals surface area contributed by atoms with Gasteiger partial charge in [-0.2, -0.15) is 0 Å². The first-order valence-electron chi connectivity index (χ1n) is 14.3. The van der Waals surface area contributed by atoms with Crippen molar-refractivity contribution < 1.29 is 38.4 Å². The maximum absolute atomic E-state index is 12.8. The van der Waals surface area contributed by atoms with Gasteiger partial charge < -0.3 is 34.1 Å². The Balaban J connectivity index is 2.35. The van der Waals surface area contributed by atoms with E-state index in [1.54, 1.807) is 38.1 Å². The smallest absolute Gasteiger partial charge is 0.340 e. The van der Waals surface area contributed by atoms with Crippen LogP contribution in [0.2, 0.25) is 0 Å². The number of carbonyl (C=O) groups excluding carboxylic acids is 2. The van der Waals surface area contributed by atoms with Gasteiger partial charge in [-0.15, -0.1) is 0 Å². The number of esters is 1. The van der Waals surface area contributed by atoms with Crippen LogP contribution in [0.15, 0.2) is 24.3 Å². The molecule has 9 nitrogen and oxygen atoms in total. The molecule has 0 saturated carbocycles. The Bertz CT molecular complexity index is 805. The zero-order chi connectivity index (χ0) is 29.0. The number of anilines is 1. The van der Waals surface area contributed by atoms with E-state index in [2.05, 4.69) is 12.2 Å². The minimum absolute atomic E-state index is 0.0211. The summed E-state index contributed by atoms with van der Waals surface area (Å²) in [5.41, 5.74) is 0.773. The second kappa shape index (κ2) is 20.8. The maximum atomic E-state index is 12.8. The van der Waals surface area contributed by atoms with Gasteiger partial charge in [0.1, 0.15) is 6.10 Å². The van der Waals surface area contributed by atoms with Crippen LogP contribution >= 0.6 is 0 Å². The summed E-state index contributed by atoms with van der Waals surface area (Å²) in [6.45, 7) is 12.8. The molecule has 39 heavy (non-hydrogen) atoms. The Morgan fingerprint density at radius 2 is 1.26 bits per heavy atom. The second-order valence-corrected chi connectivity index (χ2v) is 10.2. The van der Waals surface area contributed by atoms with Crippen LogP contribution in [-0.2, 0) is 28.5 Å². The average Bonchev–Trinajstić information content (AvgIpc) is 2.92. The lowest BCUT2D eigenvalue weighted by Crippen LogP contribution is -2.29. The van der Waals surface area contributed by atoms with Gasteiger partial charge in [-0.05, 0) is 53.2 Å². The van der Waals surface area contributed by atoms with Crippen molar-refractivity contribution >= 4 is 17.6 Å². The standard InChI is InChI=1S/C30H51NO8/c1-7-8-9-10-11-16-29(33)31-28-15-13-12-14-27(28)30(34)39-26(6)21-38-25(5)20-37-24(4)19-36-23(3)18-35-22(2)17-32/h12-15,22-26,32H,7-11,16-21H2,1-6H3,(H,31,33)/t22-,23?,24?,25?,26?/m0/s1. The highest BCUT2D eigenvalue weighted by atomic mass is 16.6. The molecule has 1 amide bonds. The van der Waals surface area contributed by atoms with Gasteiger partial charge in [0.25, 0.3) is 0 Å². The van der Waals surface area contributed by atoms with Gasteiger partial charge in [-0.1, -0.05) is 44.7 Å². The Kier molecular flexibility index (Phi) is 18.7. The summed E-state index contributed by atoms with van der Waals surface area (Å²) in [4.78, 5) is 25.1. The van der Waals surface area contributed by atoms with Gasteiger partial charge in [-0.3, -0.25) is 4.79 Å². The summed E-state index contributed by atoms with van der Waals surface area (Å²) in [5, 5.41) is 11.9. The third-order valence-corrected chi connectivity index (χ3v) is 5.96. The number of benzene rings is 1. The molecular weight excluding hydrogens is 502 g/mol. The average molecular weight is 554 g/mol. The number of ether oxygens (including phenoxy) is 5. The van der Waals surface area contributed by atoms with Gasteiger partial charge in [0.15, 0.2) is 0 Å². The Morgan fingerprint density at radius 3 is 1.82 bits per heavy atom. The quantitative estimate of drug-likeness (QED) is 0.150. The number of nitrogens with one attached hydrogen (secondary N) is 1. The SMILES string of the molecule is CCCCCCCC(=O)Nc1ccccc1C(=O)OC(C)COC(C)COC(C)COC(C)CO[C@@H](C)CO. The Labute approximate surface area is 234 Å². The molecule has 0 aliphatic carbocycles. The molecule has 0 aromatic heterocycles. The van der Waals surface area contributed by atoms with Gasteiger partial charge in [0.2, 0.25) is 5.91 Å². The zero-order valence-corrected chi connectivity index (χ0v) is 24.8.